The lowest BCUT2D eigenvalue weighted by Gasteiger charge is -2.31. The van der Waals surface area contributed by atoms with Crippen molar-refractivity contribution in [3.8, 4) is 6.07 Å². The molecule has 1 aromatic carbocycles. The van der Waals surface area contributed by atoms with Crippen LogP contribution in [0.1, 0.15) is 28.1 Å². The van der Waals surface area contributed by atoms with Crippen LogP contribution in [0.25, 0.3) is 0 Å². The van der Waals surface area contributed by atoms with E-state index >= 15 is 0 Å². The second-order valence-corrected chi connectivity index (χ2v) is 7.00. The molecule has 0 saturated carbocycles. The molecule has 3 aromatic rings. The highest BCUT2D eigenvalue weighted by atomic mass is 19.4. The number of alkyl halides is 3. The number of aromatic nitrogens is 3. The minimum Gasteiger partial charge on any atom is -0.366 e. The molecule has 0 unspecified atom stereocenters. The number of nitrogens with zero attached hydrogens (tertiary/aromatic N) is 5. The molecule has 0 bridgehead atoms. The Morgan fingerprint density at radius 1 is 1.13 bits per heavy atom. The minimum atomic E-state index is -4.48. The van der Waals surface area contributed by atoms with E-state index in [4.69, 9.17) is 0 Å². The summed E-state index contributed by atoms with van der Waals surface area (Å²) in [4.78, 5) is 14.0. The molecule has 1 aliphatic heterocycles. The summed E-state index contributed by atoms with van der Waals surface area (Å²) < 4.78 is 51.5. The lowest BCUT2D eigenvalue weighted by atomic mass is 10.0. The average Bonchev–Trinajstić information content (AvgIpc) is 2.77. The van der Waals surface area contributed by atoms with E-state index in [9.17, 15) is 22.8 Å². The van der Waals surface area contributed by atoms with Crippen LogP contribution in [-0.2, 0) is 25.7 Å². The summed E-state index contributed by atoms with van der Waals surface area (Å²) in [6.07, 6.45) is -1.27. The highest BCUT2D eigenvalue weighted by Crippen LogP contribution is 2.30. The summed E-state index contributed by atoms with van der Waals surface area (Å²) in [6, 6.07) is 8.40. The molecule has 31 heavy (non-hydrogen) atoms. The molecule has 6 nitrogen and oxygen atoms in total. The second-order valence-electron chi connectivity index (χ2n) is 7.00. The van der Waals surface area contributed by atoms with Gasteiger partial charge >= 0.3 is 6.18 Å². The van der Waals surface area contributed by atoms with Gasteiger partial charge in [-0.05, 0) is 29.8 Å². The number of nitrogens with one attached hydrogen (secondary N) is 1. The number of anilines is 2. The number of halogens is 4. The fourth-order valence-corrected chi connectivity index (χ4v) is 3.46. The summed E-state index contributed by atoms with van der Waals surface area (Å²) in [5.41, 5.74) is 2.15. The van der Waals surface area contributed by atoms with E-state index in [2.05, 4.69) is 20.3 Å². The Hall–Kier alpha value is -3.74. The van der Waals surface area contributed by atoms with Gasteiger partial charge in [-0.15, -0.1) is 0 Å². The van der Waals surface area contributed by atoms with Gasteiger partial charge in [-0.25, -0.2) is 14.4 Å². The maximum atomic E-state index is 13.5. The van der Waals surface area contributed by atoms with Gasteiger partial charge in [-0.1, -0.05) is 6.07 Å². The quantitative estimate of drug-likeness (QED) is 0.631. The molecule has 4 rings (SSSR count). The Kier molecular flexibility index (Phi) is 5.42. The number of hydrogen-bond acceptors (Lipinski definition) is 6. The normalized spacial score (nSPS) is 13.5. The second kappa shape index (κ2) is 8.18. The number of fused-ring (bicyclic) bond motifs is 1. The zero-order valence-corrected chi connectivity index (χ0v) is 16.1. The van der Waals surface area contributed by atoms with Gasteiger partial charge in [0.25, 0.3) is 0 Å². The number of rotatable bonds is 4. The summed E-state index contributed by atoms with van der Waals surface area (Å²) in [6.45, 7) is 1.24. The predicted molar refractivity (Wildman–Crippen MR) is 104 cm³/mol. The number of pyridine rings is 1. The van der Waals surface area contributed by atoms with Crippen LogP contribution in [0, 0.1) is 17.1 Å². The topological polar surface area (TPSA) is 77.7 Å². The van der Waals surface area contributed by atoms with Crippen LogP contribution in [0.15, 0.2) is 42.9 Å². The fraction of sp³-hybridized carbons (Fsp3) is 0.238. The van der Waals surface area contributed by atoms with Crippen molar-refractivity contribution in [2.45, 2.75) is 25.7 Å². The van der Waals surface area contributed by atoms with Gasteiger partial charge in [-0.2, -0.15) is 18.4 Å². The van der Waals surface area contributed by atoms with Crippen molar-refractivity contribution in [1.29, 1.82) is 5.26 Å². The molecule has 1 aliphatic rings. The van der Waals surface area contributed by atoms with E-state index in [1.807, 2.05) is 11.0 Å². The molecule has 10 heteroatoms. The lowest BCUT2D eigenvalue weighted by Crippen LogP contribution is -2.32. The van der Waals surface area contributed by atoms with Crippen LogP contribution in [0.5, 0.6) is 0 Å². The molecule has 3 heterocycles. The molecular formula is C21H16F4N6. The van der Waals surface area contributed by atoms with Crippen LogP contribution in [0.3, 0.4) is 0 Å². The van der Waals surface area contributed by atoms with Crippen LogP contribution in [0.4, 0.5) is 29.1 Å². The maximum Gasteiger partial charge on any atom is 0.433 e. The summed E-state index contributed by atoms with van der Waals surface area (Å²) in [7, 11) is 0. The SMILES string of the molecule is N#Cc1cc(F)ccc1N1CCc2ncnc(NCc3ccc(C(F)(F)F)nc3)c2C1. The van der Waals surface area contributed by atoms with Gasteiger partial charge in [-0.3, -0.25) is 4.98 Å². The van der Waals surface area contributed by atoms with Crippen molar-refractivity contribution in [1.82, 2.24) is 15.0 Å². The first-order valence-electron chi connectivity index (χ1n) is 9.38. The van der Waals surface area contributed by atoms with Gasteiger partial charge in [0, 0.05) is 37.8 Å². The third kappa shape index (κ3) is 4.40. The van der Waals surface area contributed by atoms with Crippen molar-refractivity contribution >= 4 is 11.5 Å². The Balaban J connectivity index is 1.53. The fourth-order valence-electron chi connectivity index (χ4n) is 3.46. The first kappa shape index (κ1) is 20.5. The number of hydrogen-bond donors (Lipinski definition) is 1. The van der Waals surface area contributed by atoms with Gasteiger partial charge in [0.2, 0.25) is 0 Å². The zero-order valence-electron chi connectivity index (χ0n) is 16.1. The summed E-state index contributed by atoms with van der Waals surface area (Å²) in [5.74, 6) is 0.0729. The van der Waals surface area contributed by atoms with Crippen LogP contribution < -0.4 is 10.2 Å². The summed E-state index contributed by atoms with van der Waals surface area (Å²) in [5, 5.41) is 12.5. The van der Waals surface area contributed by atoms with E-state index in [-0.39, 0.29) is 12.1 Å². The van der Waals surface area contributed by atoms with Crippen molar-refractivity contribution < 1.29 is 17.6 Å². The molecule has 0 amide bonds. The monoisotopic (exact) mass is 428 g/mol. The molecule has 0 atom stereocenters. The highest BCUT2D eigenvalue weighted by Gasteiger charge is 2.32. The van der Waals surface area contributed by atoms with E-state index < -0.39 is 17.7 Å². The lowest BCUT2D eigenvalue weighted by molar-refractivity contribution is -0.141. The van der Waals surface area contributed by atoms with Gasteiger partial charge < -0.3 is 10.2 Å². The number of benzene rings is 1. The Labute approximate surface area is 175 Å². The smallest absolute Gasteiger partial charge is 0.366 e. The average molecular weight is 428 g/mol. The van der Waals surface area contributed by atoms with E-state index in [1.165, 1.54) is 30.7 Å². The van der Waals surface area contributed by atoms with Crippen molar-refractivity contribution in [3.05, 3.63) is 76.8 Å². The van der Waals surface area contributed by atoms with Crippen molar-refractivity contribution in [2.75, 3.05) is 16.8 Å². The molecular weight excluding hydrogens is 412 g/mol. The third-order valence-electron chi connectivity index (χ3n) is 5.00. The van der Waals surface area contributed by atoms with Crippen LogP contribution in [0.2, 0.25) is 0 Å². The number of nitriles is 1. The van der Waals surface area contributed by atoms with Gasteiger partial charge in [0.1, 0.15) is 29.7 Å². The molecule has 158 valence electrons. The highest BCUT2D eigenvalue weighted by molar-refractivity contribution is 5.62. The Morgan fingerprint density at radius 3 is 2.68 bits per heavy atom. The van der Waals surface area contributed by atoms with Crippen LogP contribution >= 0.6 is 0 Å². The van der Waals surface area contributed by atoms with Crippen molar-refractivity contribution in [2.24, 2.45) is 0 Å². The molecule has 0 fully saturated rings. The van der Waals surface area contributed by atoms with Crippen molar-refractivity contribution in [3.63, 3.8) is 0 Å². The zero-order chi connectivity index (χ0) is 22.0. The first-order valence-corrected chi connectivity index (χ1v) is 9.38. The van der Waals surface area contributed by atoms with E-state index in [0.717, 1.165) is 17.3 Å². The largest absolute Gasteiger partial charge is 0.433 e. The van der Waals surface area contributed by atoms with Crippen LogP contribution in [-0.4, -0.2) is 21.5 Å². The summed E-state index contributed by atoms with van der Waals surface area (Å²) >= 11 is 0. The molecule has 0 spiro atoms. The molecule has 0 radical (unpaired) electrons. The van der Waals surface area contributed by atoms with E-state index in [1.54, 1.807) is 6.07 Å². The first-order chi connectivity index (χ1) is 14.8. The van der Waals surface area contributed by atoms with E-state index in [0.29, 0.717) is 36.6 Å². The Morgan fingerprint density at radius 2 is 1.97 bits per heavy atom. The molecule has 1 N–H and O–H groups in total. The minimum absolute atomic E-state index is 0.231. The predicted octanol–water partition coefficient (Wildman–Crippen LogP) is 4.08. The molecule has 2 aromatic heterocycles. The molecule has 0 saturated heterocycles. The molecule has 0 aliphatic carbocycles. The maximum absolute atomic E-state index is 13.5. The van der Waals surface area contributed by atoms with Gasteiger partial charge in [0.05, 0.1) is 16.9 Å². The van der Waals surface area contributed by atoms with Gasteiger partial charge in [0.15, 0.2) is 0 Å². The Bertz CT molecular complexity index is 1140. The third-order valence-corrected chi connectivity index (χ3v) is 5.00. The standard InChI is InChI=1S/C21H16F4N6/c22-15-2-3-18(14(7-15)8-26)31-6-5-17-16(11-31)20(30-12-29-17)28-10-13-1-4-19(27-9-13)21(23,24)25/h1-4,7,9,12H,5-6,10-11H2,(H,28,29,30).